The first-order valence-electron chi connectivity index (χ1n) is 8.64. The number of nitrogens with one attached hydrogen (secondary N) is 2. The third-order valence-electron chi connectivity index (χ3n) is 3.88. The van der Waals surface area contributed by atoms with Gasteiger partial charge in [-0.1, -0.05) is 6.07 Å². The second kappa shape index (κ2) is 9.59. The van der Waals surface area contributed by atoms with Crippen LogP contribution in [-0.2, 0) is 17.8 Å². The molecule has 2 N–H and O–H groups in total. The van der Waals surface area contributed by atoms with Gasteiger partial charge in [0, 0.05) is 31.8 Å². The van der Waals surface area contributed by atoms with Crippen molar-refractivity contribution in [3.05, 3.63) is 35.1 Å². The largest absolute Gasteiger partial charge is 0.376 e. The van der Waals surface area contributed by atoms with Crippen molar-refractivity contribution in [3.8, 4) is 0 Å². The normalized spacial score (nSPS) is 18.2. The van der Waals surface area contributed by atoms with Crippen molar-refractivity contribution in [1.82, 2.24) is 15.5 Å². The van der Waals surface area contributed by atoms with Crippen LogP contribution in [-0.4, -0.2) is 50.8 Å². The van der Waals surface area contributed by atoms with Crippen molar-refractivity contribution in [3.63, 3.8) is 0 Å². The summed E-state index contributed by atoms with van der Waals surface area (Å²) in [5.74, 6) is 0.603. The Kier molecular flexibility index (Phi) is 7.46. The number of nitrogens with zero attached hydrogens (tertiary/aromatic N) is 2. The van der Waals surface area contributed by atoms with Gasteiger partial charge in [-0.3, -0.25) is 0 Å². The second-order valence-electron chi connectivity index (χ2n) is 6.37. The quantitative estimate of drug-likeness (QED) is 0.591. The van der Waals surface area contributed by atoms with E-state index in [-0.39, 0.29) is 11.9 Å². The molecular formula is C18H29FN4O. The molecule has 0 amide bonds. The third kappa shape index (κ3) is 6.09. The van der Waals surface area contributed by atoms with Gasteiger partial charge in [0.15, 0.2) is 5.96 Å². The fraction of sp³-hybridized carbons (Fsp3) is 0.611. The number of aliphatic imine (C=N–C) groups is 1. The Morgan fingerprint density at radius 3 is 2.88 bits per heavy atom. The van der Waals surface area contributed by atoms with E-state index in [1.807, 2.05) is 32.0 Å². The summed E-state index contributed by atoms with van der Waals surface area (Å²) in [5, 5.41) is 6.56. The van der Waals surface area contributed by atoms with E-state index in [4.69, 9.17) is 4.74 Å². The number of benzene rings is 1. The zero-order valence-corrected chi connectivity index (χ0v) is 14.9. The van der Waals surface area contributed by atoms with Crippen LogP contribution >= 0.6 is 0 Å². The van der Waals surface area contributed by atoms with Crippen LogP contribution < -0.4 is 10.6 Å². The van der Waals surface area contributed by atoms with Crippen molar-refractivity contribution < 1.29 is 9.13 Å². The molecule has 1 saturated heterocycles. The maximum Gasteiger partial charge on any atom is 0.191 e. The van der Waals surface area contributed by atoms with E-state index in [2.05, 4.69) is 15.6 Å². The highest BCUT2D eigenvalue weighted by Crippen LogP contribution is 2.13. The highest BCUT2D eigenvalue weighted by atomic mass is 19.1. The Morgan fingerprint density at radius 1 is 1.38 bits per heavy atom. The molecule has 6 heteroatoms. The number of guanidine groups is 1. The summed E-state index contributed by atoms with van der Waals surface area (Å²) >= 11 is 0. The first kappa shape index (κ1) is 18.7. The molecule has 1 aromatic rings. The summed E-state index contributed by atoms with van der Waals surface area (Å²) in [4.78, 5) is 6.55. The average molecular weight is 336 g/mol. The lowest BCUT2D eigenvalue weighted by molar-refractivity contribution is 0.114. The van der Waals surface area contributed by atoms with E-state index in [1.54, 1.807) is 6.07 Å². The van der Waals surface area contributed by atoms with Crippen LogP contribution in [0.5, 0.6) is 0 Å². The molecular weight excluding hydrogens is 307 g/mol. The summed E-state index contributed by atoms with van der Waals surface area (Å²) in [6, 6.07) is 5.21. The van der Waals surface area contributed by atoms with Crippen LogP contribution in [0.15, 0.2) is 23.2 Å². The first-order chi connectivity index (χ1) is 11.6. The summed E-state index contributed by atoms with van der Waals surface area (Å²) in [7, 11) is 3.87. The molecule has 24 heavy (non-hydrogen) atoms. The van der Waals surface area contributed by atoms with E-state index in [0.29, 0.717) is 18.7 Å². The predicted octanol–water partition coefficient (Wildman–Crippen LogP) is 2.12. The van der Waals surface area contributed by atoms with Crippen molar-refractivity contribution >= 4 is 5.96 Å². The minimum absolute atomic E-state index is 0.167. The lowest BCUT2D eigenvalue weighted by Gasteiger charge is -2.15. The molecule has 5 nitrogen and oxygen atoms in total. The fourth-order valence-electron chi connectivity index (χ4n) is 2.72. The van der Waals surface area contributed by atoms with Gasteiger partial charge in [0.2, 0.25) is 0 Å². The number of ether oxygens (including phenoxy) is 1. The van der Waals surface area contributed by atoms with Crippen molar-refractivity contribution in [2.45, 2.75) is 39.0 Å². The summed E-state index contributed by atoms with van der Waals surface area (Å²) in [6.45, 7) is 5.55. The molecule has 1 fully saturated rings. The first-order valence-corrected chi connectivity index (χ1v) is 8.64. The van der Waals surface area contributed by atoms with Crippen LogP contribution in [0.2, 0.25) is 0 Å². The highest BCUT2D eigenvalue weighted by Gasteiger charge is 2.15. The van der Waals surface area contributed by atoms with Crippen LogP contribution in [0.1, 0.15) is 30.9 Å². The molecule has 0 radical (unpaired) electrons. The van der Waals surface area contributed by atoms with Gasteiger partial charge in [-0.05, 0) is 51.6 Å². The van der Waals surface area contributed by atoms with Gasteiger partial charge in [0.05, 0.1) is 12.6 Å². The van der Waals surface area contributed by atoms with E-state index < -0.39 is 0 Å². The molecule has 2 rings (SSSR count). The monoisotopic (exact) mass is 336 g/mol. The predicted molar refractivity (Wildman–Crippen MR) is 95.6 cm³/mol. The summed E-state index contributed by atoms with van der Waals surface area (Å²) in [5.41, 5.74) is 1.70. The van der Waals surface area contributed by atoms with Gasteiger partial charge in [0.1, 0.15) is 5.82 Å². The van der Waals surface area contributed by atoms with Crippen LogP contribution in [0.4, 0.5) is 4.39 Å². The highest BCUT2D eigenvalue weighted by molar-refractivity contribution is 5.79. The van der Waals surface area contributed by atoms with Gasteiger partial charge >= 0.3 is 0 Å². The third-order valence-corrected chi connectivity index (χ3v) is 3.88. The average Bonchev–Trinajstić information content (AvgIpc) is 3.06. The number of rotatable bonds is 7. The second-order valence-corrected chi connectivity index (χ2v) is 6.37. The molecule has 1 unspecified atom stereocenters. The molecule has 1 heterocycles. The standard InChI is InChI=1S/C18H29FN4O/c1-4-20-18(22-12-16-6-5-9-24-16)21-11-14-7-8-17(19)15(10-14)13-23(2)3/h7-8,10,16H,4-6,9,11-13H2,1-3H3,(H2,20,21,22). The Labute approximate surface area is 144 Å². The summed E-state index contributed by atoms with van der Waals surface area (Å²) in [6.07, 6.45) is 2.49. The van der Waals surface area contributed by atoms with Crippen molar-refractivity contribution in [1.29, 1.82) is 0 Å². The molecule has 1 atom stereocenters. The Balaban J connectivity index is 1.96. The Morgan fingerprint density at radius 2 is 2.21 bits per heavy atom. The number of hydrogen-bond donors (Lipinski definition) is 2. The Hall–Kier alpha value is -1.66. The van der Waals surface area contributed by atoms with Crippen LogP contribution in [0.3, 0.4) is 0 Å². The smallest absolute Gasteiger partial charge is 0.191 e. The van der Waals surface area contributed by atoms with Crippen molar-refractivity contribution in [2.75, 3.05) is 33.8 Å². The van der Waals surface area contributed by atoms with Gasteiger partial charge in [-0.15, -0.1) is 0 Å². The SMILES string of the molecule is CCNC(=NCc1ccc(F)c(CN(C)C)c1)NCC1CCCO1. The lowest BCUT2D eigenvalue weighted by Crippen LogP contribution is -2.41. The summed E-state index contributed by atoms with van der Waals surface area (Å²) < 4.78 is 19.5. The van der Waals surface area contributed by atoms with Gasteiger partial charge in [-0.2, -0.15) is 0 Å². The zero-order chi connectivity index (χ0) is 17.4. The van der Waals surface area contributed by atoms with E-state index in [1.165, 1.54) is 6.07 Å². The maximum absolute atomic E-state index is 13.8. The molecule has 1 aliphatic heterocycles. The van der Waals surface area contributed by atoms with Gasteiger partial charge in [-0.25, -0.2) is 9.38 Å². The fourth-order valence-corrected chi connectivity index (χ4v) is 2.72. The molecule has 0 aliphatic carbocycles. The molecule has 1 aromatic carbocycles. The lowest BCUT2D eigenvalue weighted by atomic mass is 10.1. The molecule has 0 spiro atoms. The number of halogens is 1. The van der Waals surface area contributed by atoms with Gasteiger partial charge < -0.3 is 20.3 Å². The van der Waals surface area contributed by atoms with E-state index in [9.17, 15) is 4.39 Å². The molecule has 0 bridgehead atoms. The van der Waals surface area contributed by atoms with Crippen LogP contribution in [0, 0.1) is 5.82 Å². The molecule has 0 aromatic heterocycles. The maximum atomic E-state index is 13.8. The molecule has 134 valence electrons. The minimum Gasteiger partial charge on any atom is -0.376 e. The molecule has 1 aliphatic rings. The van der Waals surface area contributed by atoms with Crippen molar-refractivity contribution in [2.24, 2.45) is 4.99 Å². The minimum atomic E-state index is -0.167. The number of hydrogen-bond acceptors (Lipinski definition) is 3. The van der Waals surface area contributed by atoms with E-state index >= 15 is 0 Å². The van der Waals surface area contributed by atoms with Crippen LogP contribution in [0.25, 0.3) is 0 Å². The zero-order valence-electron chi connectivity index (χ0n) is 14.9. The topological polar surface area (TPSA) is 48.9 Å². The van der Waals surface area contributed by atoms with Gasteiger partial charge in [0.25, 0.3) is 0 Å². The Bertz CT molecular complexity index is 542. The molecule has 0 saturated carbocycles. The van der Waals surface area contributed by atoms with E-state index in [0.717, 1.165) is 44.1 Å².